The maximum absolute atomic E-state index is 12.9. The summed E-state index contributed by atoms with van der Waals surface area (Å²) in [6.07, 6.45) is 1.60. The summed E-state index contributed by atoms with van der Waals surface area (Å²) in [6, 6.07) is 23.0. The molecule has 1 fully saturated rings. The van der Waals surface area contributed by atoms with Gasteiger partial charge < -0.3 is 19.4 Å². The molecule has 5 rings (SSSR count). The van der Waals surface area contributed by atoms with Crippen LogP contribution in [0.1, 0.15) is 61.4 Å². The third kappa shape index (κ3) is 5.03. The van der Waals surface area contributed by atoms with Crippen molar-refractivity contribution in [1.82, 2.24) is 5.32 Å². The fourth-order valence-electron chi connectivity index (χ4n) is 5.14. The van der Waals surface area contributed by atoms with Gasteiger partial charge in [0.15, 0.2) is 0 Å². The van der Waals surface area contributed by atoms with Crippen LogP contribution in [0.5, 0.6) is 0 Å². The Morgan fingerprint density at radius 2 is 1.50 bits per heavy atom. The smallest absolute Gasteiger partial charge is 0.449 e. The normalized spacial score (nSPS) is 17.7. The summed E-state index contributed by atoms with van der Waals surface area (Å²) in [5.41, 5.74) is 8.04. The van der Waals surface area contributed by atoms with Crippen LogP contribution in [0.4, 0.5) is 4.79 Å². The van der Waals surface area contributed by atoms with Gasteiger partial charge >= 0.3 is 13.2 Å². The van der Waals surface area contributed by atoms with E-state index < -0.39 is 24.4 Å². The van der Waals surface area contributed by atoms with E-state index >= 15 is 0 Å². The van der Waals surface area contributed by atoms with Crippen molar-refractivity contribution in [2.45, 2.75) is 58.7 Å². The summed E-state index contributed by atoms with van der Waals surface area (Å²) < 4.78 is 18.4. The SMILES string of the molecule is Cc1ccc(C)c(C=C(CNC(=O)OCC2c3ccccc3-c3ccccc32)B2OC(C)(C)C(C)(C)O2)c1. The molecule has 196 valence electrons. The summed E-state index contributed by atoms with van der Waals surface area (Å²) in [7, 11) is -0.575. The van der Waals surface area contributed by atoms with E-state index in [1.165, 1.54) is 27.8 Å². The van der Waals surface area contributed by atoms with E-state index in [4.69, 9.17) is 14.0 Å². The number of nitrogens with one attached hydrogen (secondary N) is 1. The molecule has 0 radical (unpaired) electrons. The monoisotopic (exact) mass is 509 g/mol. The first-order valence-corrected chi connectivity index (χ1v) is 13.3. The zero-order valence-corrected chi connectivity index (χ0v) is 23.1. The van der Waals surface area contributed by atoms with Gasteiger partial charge in [-0.2, -0.15) is 0 Å². The van der Waals surface area contributed by atoms with Crippen LogP contribution in [0, 0.1) is 13.8 Å². The zero-order chi connectivity index (χ0) is 27.1. The number of rotatable bonds is 6. The lowest BCUT2D eigenvalue weighted by Crippen LogP contribution is -2.41. The molecule has 0 saturated carbocycles. The average Bonchev–Trinajstić information content (AvgIpc) is 3.31. The molecule has 3 aromatic rings. The Labute approximate surface area is 226 Å². The van der Waals surface area contributed by atoms with Crippen LogP contribution in [-0.2, 0) is 14.0 Å². The standard InChI is InChI=1S/C32H36BNO4/c1-21-15-16-22(2)23(17-21)18-24(33-37-31(3,4)32(5,6)38-33)19-34-30(35)36-20-29-27-13-9-7-11-25(27)26-12-8-10-14-28(26)29/h7-18,29H,19-20H2,1-6H3,(H,34,35). The molecule has 0 atom stereocenters. The van der Waals surface area contributed by atoms with Crippen molar-refractivity contribution in [3.63, 3.8) is 0 Å². The first-order valence-electron chi connectivity index (χ1n) is 13.3. The third-order valence-corrected chi connectivity index (χ3v) is 8.11. The Hall–Kier alpha value is -3.35. The van der Waals surface area contributed by atoms with Crippen molar-refractivity contribution in [2.75, 3.05) is 13.2 Å². The lowest BCUT2D eigenvalue weighted by Gasteiger charge is -2.32. The van der Waals surface area contributed by atoms with E-state index in [2.05, 4.69) is 67.7 Å². The van der Waals surface area contributed by atoms with Gasteiger partial charge in [0.2, 0.25) is 0 Å². The molecule has 1 aliphatic heterocycles. The molecule has 5 nitrogen and oxygen atoms in total. The fraction of sp³-hybridized carbons (Fsp3) is 0.344. The highest BCUT2D eigenvalue weighted by atomic mass is 16.7. The van der Waals surface area contributed by atoms with Crippen LogP contribution in [-0.4, -0.2) is 37.6 Å². The number of carbonyl (C=O) groups is 1. The molecule has 3 aromatic carbocycles. The van der Waals surface area contributed by atoms with Crippen LogP contribution < -0.4 is 5.32 Å². The first-order chi connectivity index (χ1) is 18.1. The summed E-state index contributed by atoms with van der Waals surface area (Å²) in [5.74, 6) is 0.0150. The van der Waals surface area contributed by atoms with E-state index in [0.717, 1.165) is 16.6 Å². The van der Waals surface area contributed by atoms with Crippen molar-refractivity contribution >= 4 is 19.3 Å². The maximum Gasteiger partial charge on any atom is 0.492 e. The molecule has 1 N–H and O–H groups in total. The molecular formula is C32H36BNO4. The summed E-state index contributed by atoms with van der Waals surface area (Å²) >= 11 is 0. The number of aryl methyl sites for hydroxylation is 2. The minimum absolute atomic E-state index is 0.0150. The summed E-state index contributed by atoms with van der Waals surface area (Å²) in [4.78, 5) is 12.9. The summed E-state index contributed by atoms with van der Waals surface area (Å²) in [5, 5.41) is 2.95. The quantitative estimate of drug-likeness (QED) is 0.369. The topological polar surface area (TPSA) is 56.8 Å². The van der Waals surface area contributed by atoms with Gasteiger partial charge in [0.25, 0.3) is 0 Å². The first kappa shape index (κ1) is 26.3. The van der Waals surface area contributed by atoms with E-state index in [1.807, 2.05) is 52.0 Å². The van der Waals surface area contributed by atoms with Crippen molar-refractivity contribution in [3.05, 3.63) is 100 Å². The molecular weight excluding hydrogens is 473 g/mol. The van der Waals surface area contributed by atoms with E-state index in [0.29, 0.717) is 0 Å². The number of amides is 1. The Morgan fingerprint density at radius 3 is 2.11 bits per heavy atom. The molecule has 1 aliphatic carbocycles. The van der Waals surface area contributed by atoms with Crippen LogP contribution in [0.15, 0.2) is 72.2 Å². The Bertz CT molecular complexity index is 1330. The third-order valence-electron chi connectivity index (χ3n) is 8.11. The number of ether oxygens (including phenoxy) is 1. The van der Waals surface area contributed by atoms with Crippen LogP contribution in [0.2, 0.25) is 0 Å². The number of fused-ring (bicyclic) bond motifs is 3. The zero-order valence-electron chi connectivity index (χ0n) is 23.1. The van der Waals surface area contributed by atoms with Crippen molar-refractivity contribution in [1.29, 1.82) is 0 Å². The number of hydrogen-bond donors (Lipinski definition) is 1. The molecule has 0 spiro atoms. The van der Waals surface area contributed by atoms with Crippen molar-refractivity contribution in [2.24, 2.45) is 0 Å². The lowest BCUT2D eigenvalue weighted by molar-refractivity contribution is 0.00578. The largest absolute Gasteiger partial charge is 0.492 e. The number of benzene rings is 3. The number of carbonyl (C=O) groups excluding carboxylic acids is 1. The minimum atomic E-state index is -0.575. The van der Waals surface area contributed by atoms with Gasteiger partial charge in [0.05, 0.1) is 11.2 Å². The molecule has 1 heterocycles. The van der Waals surface area contributed by atoms with E-state index in [-0.39, 0.29) is 19.1 Å². The predicted molar refractivity (Wildman–Crippen MR) is 153 cm³/mol. The van der Waals surface area contributed by atoms with Crippen molar-refractivity contribution in [3.8, 4) is 11.1 Å². The van der Waals surface area contributed by atoms with Crippen LogP contribution in [0.25, 0.3) is 17.2 Å². The van der Waals surface area contributed by atoms with E-state index in [9.17, 15) is 4.79 Å². The highest BCUT2D eigenvalue weighted by molar-refractivity contribution is 6.56. The van der Waals surface area contributed by atoms with Gasteiger partial charge in [-0.25, -0.2) is 4.79 Å². The lowest BCUT2D eigenvalue weighted by atomic mass is 9.76. The van der Waals surface area contributed by atoms with Gasteiger partial charge in [-0.1, -0.05) is 78.4 Å². The average molecular weight is 509 g/mol. The summed E-state index contributed by atoms with van der Waals surface area (Å²) in [6.45, 7) is 12.8. The molecule has 1 amide bonds. The van der Waals surface area contributed by atoms with Gasteiger partial charge in [-0.05, 0) is 80.4 Å². The second-order valence-electron chi connectivity index (χ2n) is 11.3. The molecule has 38 heavy (non-hydrogen) atoms. The minimum Gasteiger partial charge on any atom is -0.449 e. The highest BCUT2D eigenvalue weighted by Crippen LogP contribution is 2.44. The second-order valence-corrected chi connectivity index (χ2v) is 11.3. The predicted octanol–water partition coefficient (Wildman–Crippen LogP) is 6.86. The maximum atomic E-state index is 12.9. The highest BCUT2D eigenvalue weighted by Gasteiger charge is 2.52. The fourth-order valence-corrected chi connectivity index (χ4v) is 5.14. The molecule has 0 aromatic heterocycles. The molecule has 2 aliphatic rings. The van der Waals surface area contributed by atoms with E-state index in [1.54, 1.807) is 0 Å². The van der Waals surface area contributed by atoms with Gasteiger partial charge in [-0.15, -0.1) is 0 Å². The van der Waals surface area contributed by atoms with Gasteiger partial charge in [0.1, 0.15) is 6.61 Å². The van der Waals surface area contributed by atoms with Gasteiger partial charge in [-0.3, -0.25) is 0 Å². The van der Waals surface area contributed by atoms with Gasteiger partial charge in [0, 0.05) is 12.5 Å². The molecule has 0 unspecified atom stereocenters. The second kappa shape index (κ2) is 10.1. The van der Waals surface area contributed by atoms with Crippen molar-refractivity contribution < 1.29 is 18.8 Å². The Balaban J connectivity index is 1.31. The Morgan fingerprint density at radius 1 is 0.921 bits per heavy atom. The Kier molecular flexibility index (Phi) is 6.97. The molecule has 0 bridgehead atoms. The van der Waals surface area contributed by atoms with Crippen LogP contribution in [0.3, 0.4) is 0 Å². The molecule has 6 heteroatoms. The molecule has 1 saturated heterocycles. The van der Waals surface area contributed by atoms with Crippen LogP contribution >= 0.6 is 0 Å². The number of hydrogen-bond acceptors (Lipinski definition) is 4. The number of alkyl carbamates (subject to hydrolysis) is 1.